The summed E-state index contributed by atoms with van der Waals surface area (Å²) in [5.41, 5.74) is 1.72. The molecule has 1 N–H and O–H groups in total. The van der Waals surface area contributed by atoms with Crippen molar-refractivity contribution in [3.8, 4) is 11.3 Å². The first kappa shape index (κ1) is 11.5. The molecule has 0 saturated carbocycles. The topological polar surface area (TPSA) is 38.1 Å². The second-order valence-electron chi connectivity index (χ2n) is 3.34. The van der Waals surface area contributed by atoms with Crippen molar-refractivity contribution in [2.45, 2.75) is 6.54 Å². The molecule has 0 fully saturated rings. The van der Waals surface area contributed by atoms with Gasteiger partial charge >= 0.3 is 0 Å². The fraction of sp³-hybridized carbons (Fsp3) is 0.182. The van der Waals surface area contributed by atoms with Crippen LogP contribution in [0.25, 0.3) is 11.3 Å². The first-order chi connectivity index (χ1) is 7.70. The van der Waals surface area contributed by atoms with Gasteiger partial charge in [-0.1, -0.05) is 28.4 Å². The van der Waals surface area contributed by atoms with Crippen molar-refractivity contribution in [2.75, 3.05) is 7.05 Å². The molecule has 0 atom stereocenters. The van der Waals surface area contributed by atoms with Gasteiger partial charge in [0.15, 0.2) is 5.76 Å². The average molecular weight is 257 g/mol. The molecule has 2 aromatic rings. The quantitative estimate of drug-likeness (QED) is 0.916. The standard InChI is InChI=1S/C11H10Cl2N2O/c1-14-6-8-5-11(16-15-8)7-2-3-9(12)10(13)4-7/h2-5,14H,6H2,1H3. The van der Waals surface area contributed by atoms with Crippen LogP contribution < -0.4 is 5.32 Å². The normalized spacial score (nSPS) is 10.7. The van der Waals surface area contributed by atoms with Gasteiger partial charge in [0.05, 0.1) is 15.7 Å². The van der Waals surface area contributed by atoms with E-state index in [1.165, 1.54) is 0 Å². The number of benzene rings is 1. The molecule has 2 rings (SSSR count). The van der Waals surface area contributed by atoms with Crippen LogP contribution >= 0.6 is 23.2 Å². The fourth-order valence-corrected chi connectivity index (χ4v) is 1.66. The molecule has 84 valence electrons. The summed E-state index contributed by atoms with van der Waals surface area (Å²) in [5.74, 6) is 0.684. The molecule has 16 heavy (non-hydrogen) atoms. The highest BCUT2D eigenvalue weighted by Gasteiger charge is 2.07. The van der Waals surface area contributed by atoms with Crippen LogP contribution in [0.15, 0.2) is 28.8 Å². The van der Waals surface area contributed by atoms with Crippen molar-refractivity contribution >= 4 is 23.2 Å². The number of hydrogen-bond acceptors (Lipinski definition) is 3. The lowest BCUT2D eigenvalue weighted by atomic mass is 10.1. The molecule has 0 spiro atoms. The van der Waals surface area contributed by atoms with Crippen molar-refractivity contribution in [2.24, 2.45) is 0 Å². The Kier molecular flexibility index (Phi) is 3.49. The Morgan fingerprint density at radius 3 is 2.75 bits per heavy atom. The van der Waals surface area contributed by atoms with Gasteiger partial charge in [0, 0.05) is 18.2 Å². The smallest absolute Gasteiger partial charge is 0.167 e. The molecule has 0 amide bonds. The number of halogens is 2. The summed E-state index contributed by atoms with van der Waals surface area (Å²) >= 11 is 11.8. The van der Waals surface area contributed by atoms with Crippen molar-refractivity contribution in [1.29, 1.82) is 0 Å². The Balaban J connectivity index is 2.31. The number of nitrogens with one attached hydrogen (secondary N) is 1. The zero-order chi connectivity index (χ0) is 11.5. The van der Waals surface area contributed by atoms with Crippen LogP contribution in [-0.4, -0.2) is 12.2 Å². The minimum absolute atomic E-state index is 0.505. The van der Waals surface area contributed by atoms with E-state index in [1.54, 1.807) is 12.1 Å². The molecule has 0 aliphatic heterocycles. The average Bonchev–Trinajstić information content (AvgIpc) is 2.71. The summed E-state index contributed by atoms with van der Waals surface area (Å²) < 4.78 is 5.21. The lowest BCUT2D eigenvalue weighted by Gasteiger charge is -1.98. The molecule has 1 aromatic carbocycles. The predicted molar refractivity (Wildman–Crippen MR) is 64.7 cm³/mol. The van der Waals surface area contributed by atoms with E-state index in [4.69, 9.17) is 27.7 Å². The second-order valence-corrected chi connectivity index (χ2v) is 4.16. The Morgan fingerprint density at radius 2 is 2.06 bits per heavy atom. The lowest BCUT2D eigenvalue weighted by Crippen LogP contribution is -2.04. The maximum absolute atomic E-state index is 5.93. The van der Waals surface area contributed by atoms with Gasteiger partial charge in [0.25, 0.3) is 0 Å². The summed E-state index contributed by atoms with van der Waals surface area (Å²) in [5, 5.41) is 7.95. The highest BCUT2D eigenvalue weighted by atomic mass is 35.5. The zero-order valence-electron chi connectivity index (χ0n) is 8.63. The number of aromatic nitrogens is 1. The predicted octanol–water partition coefficient (Wildman–Crippen LogP) is 3.37. The third kappa shape index (κ3) is 2.38. The summed E-state index contributed by atoms with van der Waals surface area (Å²) in [4.78, 5) is 0. The third-order valence-corrected chi connectivity index (χ3v) is 2.86. The Labute approximate surface area is 103 Å². The minimum Gasteiger partial charge on any atom is -0.356 e. The van der Waals surface area contributed by atoms with E-state index < -0.39 is 0 Å². The molecular weight excluding hydrogens is 247 g/mol. The number of nitrogens with zero attached hydrogens (tertiary/aromatic N) is 1. The van der Waals surface area contributed by atoms with Gasteiger partial charge < -0.3 is 9.84 Å². The molecule has 1 aromatic heterocycles. The highest BCUT2D eigenvalue weighted by Crippen LogP contribution is 2.28. The van der Waals surface area contributed by atoms with Crippen LogP contribution in [0.5, 0.6) is 0 Å². The number of hydrogen-bond donors (Lipinski definition) is 1. The largest absolute Gasteiger partial charge is 0.356 e. The molecule has 1 heterocycles. The van der Waals surface area contributed by atoms with Gasteiger partial charge in [-0.3, -0.25) is 0 Å². The van der Waals surface area contributed by atoms with Gasteiger partial charge in [-0.05, 0) is 25.2 Å². The lowest BCUT2D eigenvalue weighted by molar-refractivity contribution is 0.421. The SMILES string of the molecule is CNCc1cc(-c2ccc(Cl)c(Cl)c2)on1. The van der Waals surface area contributed by atoms with E-state index in [0.717, 1.165) is 11.3 Å². The fourth-order valence-electron chi connectivity index (χ4n) is 1.36. The van der Waals surface area contributed by atoms with Gasteiger partial charge in [0.2, 0.25) is 0 Å². The van der Waals surface area contributed by atoms with E-state index in [0.29, 0.717) is 22.4 Å². The summed E-state index contributed by atoms with van der Waals surface area (Å²) in [7, 11) is 1.85. The van der Waals surface area contributed by atoms with E-state index in [2.05, 4.69) is 10.5 Å². The Morgan fingerprint density at radius 1 is 1.25 bits per heavy atom. The van der Waals surface area contributed by atoms with Crippen LogP contribution in [-0.2, 0) is 6.54 Å². The molecule has 0 aliphatic carbocycles. The first-order valence-electron chi connectivity index (χ1n) is 4.76. The molecule has 5 heteroatoms. The summed E-state index contributed by atoms with van der Waals surface area (Å²) in [6.45, 7) is 0.671. The molecule has 0 radical (unpaired) electrons. The highest BCUT2D eigenvalue weighted by molar-refractivity contribution is 6.42. The van der Waals surface area contributed by atoms with Crippen LogP contribution in [0.3, 0.4) is 0 Å². The molecule has 0 bridgehead atoms. The van der Waals surface area contributed by atoms with Crippen LogP contribution in [0.4, 0.5) is 0 Å². The Bertz CT molecular complexity index is 496. The van der Waals surface area contributed by atoms with Crippen molar-refractivity contribution < 1.29 is 4.52 Å². The molecule has 3 nitrogen and oxygen atoms in total. The molecule has 0 aliphatic rings. The van der Waals surface area contributed by atoms with E-state index >= 15 is 0 Å². The van der Waals surface area contributed by atoms with E-state index in [-0.39, 0.29) is 0 Å². The van der Waals surface area contributed by atoms with Gasteiger partial charge in [0.1, 0.15) is 0 Å². The second kappa shape index (κ2) is 4.87. The molecule has 0 saturated heterocycles. The maximum atomic E-state index is 5.93. The monoisotopic (exact) mass is 256 g/mol. The van der Waals surface area contributed by atoms with Crippen LogP contribution in [0, 0.1) is 0 Å². The van der Waals surface area contributed by atoms with E-state index in [9.17, 15) is 0 Å². The van der Waals surface area contributed by atoms with Gasteiger partial charge in [-0.15, -0.1) is 0 Å². The summed E-state index contributed by atoms with van der Waals surface area (Å²) in [6.07, 6.45) is 0. The van der Waals surface area contributed by atoms with Crippen molar-refractivity contribution in [1.82, 2.24) is 10.5 Å². The minimum atomic E-state index is 0.505. The molecular formula is C11H10Cl2N2O. The van der Waals surface area contributed by atoms with Gasteiger partial charge in [-0.25, -0.2) is 0 Å². The van der Waals surface area contributed by atoms with Crippen molar-refractivity contribution in [3.63, 3.8) is 0 Å². The Hall–Kier alpha value is -1.03. The maximum Gasteiger partial charge on any atom is 0.167 e. The van der Waals surface area contributed by atoms with Crippen molar-refractivity contribution in [3.05, 3.63) is 40.0 Å². The first-order valence-corrected chi connectivity index (χ1v) is 5.52. The van der Waals surface area contributed by atoms with Crippen LogP contribution in [0.2, 0.25) is 10.0 Å². The van der Waals surface area contributed by atoms with E-state index in [1.807, 2.05) is 19.2 Å². The molecule has 0 unspecified atom stereocenters. The third-order valence-electron chi connectivity index (χ3n) is 2.12. The van der Waals surface area contributed by atoms with Crippen LogP contribution in [0.1, 0.15) is 5.69 Å². The summed E-state index contributed by atoms with van der Waals surface area (Å²) in [6, 6.07) is 7.21. The van der Waals surface area contributed by atoms with Gasteiger partial charge in [-0.2, -0.15) is 0 Å². The number of rotatable bonds is 3. The zero-order valence-corrected chi connectivity index (χ0v) is 10.1.